The standard InChI is InChI=1S/C21H31ClN2O5S/c1-21(2,3)15-8-6-14(7-9-15)20(26)29-13-19(25)23-18-12-16(10-11-17(18)22)30(27,28)24(4)5/h10-12,14-15H,6-9,13H2,1-5H3,(H,23,25). The van der Waals surface area contributed by atoms with Crippen LogP contribution in [0.5, 0.6) is 0 Å². The molecule has 1 amide bonds. The molecule has 0 aliphatic heterocycles. The lowest BCUT2D eigenvalue weighted by atomic mass is 9.70. The first kappa shape index (κ1) is 24.6. The zero-order valence-electron chi connectivity index (χ0n) is 18.2. The molecule has 1 aliphatic carbocycles. The Labute approximate surface area is 184 Å². The van der Waals surface area contributed by atoms with Gasteiger partial charge in [-0.2, -0.15) is 0 Å². The number of carbonyl (C=O) groups is 2. The van der Waals surface area contributed by atoms with Gasteiger partial charge in [0.05, 0.1) is 21.5 Å². The summed E-state index contributed by atoms with van der Waals surface area (Å²) >= 11 is 6.07. The number of hydrogen-bond acceptors (Lipinski definition) is 5. The van der Waals surface area contributed by atoms with E-state index < -0.39 is 22.5 Å². The largest absolute Gasteiger partial charge is 0.455 e. The molecule has 1 aromatic rings. The van der Waals surface area contributed by atoms with Crippen LogP contribution in [0.2, 0.25) is 5.02 Å². The van der Waals surface area contributed by atoms with Crippen molar-refractivity contribution in [3.8, 4) is 0 Å². The molecule has 0 bridgehead atoms. The summed E-state index contributed by atoms with van der Waals surface area (Å²) in [5.74, 6) is -0.549. The van der Waals surface area contributed by atoms with Crippen LogP contribution in [0, 0.1) is 17.3 Å². The van der Waals surface area contributed by atoms with Crippen LogP contribution in [-0.4, -0.2) is 45.3 Å². The Morgan fingerprint density at radius 1 is 1.17 bits per heavy atom. The average Bonchev–Trinajstić information content (AvgIpc) is 2.67. The molecule has 1 saturated carbocycles. The van der Waals surface area contributed by atoms with Gasteiger partial charge in [0.1, 0.15) is 0 Å². The van der Waals surface area contributed by atoms with Gasteiger partial charge in [-0.25, -0.2) is 12.7 Å². The van der Waals surface area contributed by atoms with Gasteiger partial charge in [0.2, 0.25) is 10.0 Å². The summed E-state index contributed by atoms with van der Waals surface area (Å²) in [6.07, 6.45) is 3.47. The Morgan fingerprint density at radius 2 is 1.77 bits per heavy atom. The minimum atomic E-state index is -3.67. The van der Waals surface area contributed by atoms with Crippen molar-refractivity contribution in [2.75, 3.05) is 26.0 Å². The number of anilines is 1. The maximum Gasteiger partial charge on any atom is 0.309 e. The number of ether oxygens (including phenoxy) is 1. The molecule has 168 valence electrons. The van der Waals surface area contributed by atoms with Gasteiger partial charge in [0.15, 0.2) is 6.61 Å². The third kappa shape index (κ3) is 6.18. The fraction of sp³-hybridized carbons (Fsp3) is 0.619. The predicted octanol–water partition coefficient (Wildman–Crippen LogP) is 3.92. The molecule has 7 nitrogen and oxygen atoms in total. The topological polar surface area (TPSA) is 92.8 Å². The van der Waals surface area contributed by atoms with Crippen molar-refractivity contribution in [3.05, 3.63) is 23.2 Å². The lowest BCUT2D eigenvalue weighted by molar-refractivity contribution is -0.153. The second-order valence-electron chi connectivity index (χ2n) is 9.00. The minimum absolute atomic E-state index is 0.000183. The SMILES string of the molecule is CN(C)S(=O)(=O)c1ccc(Cl)c(NC(=O)COC(=O)C2CCC(C(C)(C)C)CC2)c1. The van der Waals surface area contributed by atoms with Crippen molar-refractivity contribution in [2.24, 2.45) is 17.3 Å². The number of hydrogen-bond donors (Lipinski definition) is 1. The monoisotopic (exact) mass is 458 g/mol. The van der Waals surface area contributed by atoms with Crippen molar-refractivity contribution >= 4 is 39.2 Å². The van der Waals surface area contributed by atoms with Crippen LogP contribution in [0.3, 0.4) is 0 Å². The average molecular weight is 459 g/mol. The second-order valence-corrected chi connectivity index (χ2v) is 11.6. The van der Waals surface area contributed by atoms with Crippen LogP contribution in [0.4, 0.5) is 5.69 Å². The Balaban J connectivity index is 1.92. The van der Waals surface area contributed by atoms with E-state index in [-0.39, 0.29) is 32.9 Å². The van der Waals surface area contributed by atoms with Crippen LogP contribution in [0.15, 0.2) is 23.1 Å². The molecule has 0 atom stereocenters. The quantitative estimate of drug-likeness (QED) is 0.652. The van der Waals surface area contributed by atoms with Crippen LogP contribution < -0.4 is 5.32 Å². The van der Waals surface area contributed by atoms with E-state index in [0.29, 0.717) is 5.92 Å². The number of esters is 1. The van der Waals surface area contributed by atoms with Crippen LogP contribution >= 0.6 is 11.6 Å². The van der Waals surface area contributed by atoms with Crippen molar-refractivity contribution in [1.82, 2.24) is 4.31 Å². The lowest BCUT2D eigenvalue weighted by Crippen LogP contribution is -2.31. The fourth-order valence-electron chi connectivity index (χ4n) is 3.61. The van der Waals surface area contributed by atoms with Gasteiger partial charge in [-0.3, -0.25) is 9.59 Å². The smallest absolute Gasteiger partial charge is 0.309 e. The molecule has 0 aromatic heterocycles. The summed E-state index contributed by atoms with van der Waals surface area (Å²) in [6, 6.07) is 4.04. The number of nitrogens with one attached hydrogen (secondary N) is 1. The first-order valence-corrected chi connectivity index (χ1v) is 11.8. The molecule has 1 N–H and O–H groups in total. The molecule has 1 aliphatic rings. The second kappa shape index (κ2) is 9.66. The zero-order chi connectivity index (χ0) is 22.7. The molecule has 0 spiro atoms. The predicted molar refractivity (Wildman–Crippen MR) is 117 cm³/mol. The third-order valence-corrected chi connectivity index (χ3v) is 7.76. The van der Waals surface area contributed by atoms with Gasteiger partial charge < -0.3 is 10.1 Å². The maximum atomic E-state index is 12.3. The number of carbonyl (C=O) groups excluding carboxylic acids is 2. The van der Waals surface area contributed by atoms with Crippen LogP contribution in [0.25, 0.3) is 0 Å². The van der Waals surface area contributed by atoms with Crippen LogP contribution in [-0.2, 0) is 24.3 Å². The van der Waals surface area contributed by atoms with E-state index in [9.17, 15) is 18.0 Å². The summed E-state index contributed by atoms with van der Waals surface area (Å²) in [4.78, 5) is 24.5. The Morgan fingerprint density at radius 3 is 2.30 bits per heavy atom. The normalized spacial score (nSPS) is 20.1. The van der Waals surface area contributed by atoms with Gasteiger partial charge in [-0.15, -0.1) is 0 Å². The Bertz CT molecular complexity index is 885. The van der Waals surface area contributed by atoms with Gasteiger partial charge in [0.25, 0.3) is 5.91 Å². The Kier molecular flexibility index (Phi) is 7.93. The van der Waals surface area contributed by atoms with E-state index in [1.165, 1.54) is 32.3 Å². The van der Waals surface area contributed by atoms with Gasteiger partial charge >= 0.3 is 5.97 Å². The highest BCUT2D eigenvalue weighted by atomic mass is 35.5. The molecule has 0 unspecified atom stereocenters. The highest BCUT2D eigenvalue weighted by molar-refractivity contribution is 7.89. The first-order chi connectivity index (χ1) is 13.8. The summed E-state index contributed by atoms with van der Waals surface area (Å²) in [6.45, 7) is 6.19. The zero-order valence-corrected chi connectivity index (χ0v) is 19.8. The molecule has 2 rings (SSSR count). The van der Waals surface area contributed by atoms with Crippen molar-refractivity contribution < 1.29 is 22.7 Å². The first-order valence-electron chi connectivity index (χ1n) is 10.0. The molecular weight excluding hydrogens is 428 g/mol. The van der Waals surface area contributed by atoms with E-state index in [0.717, 1.165) is 30.0 Å². The number of halogens is 1. The van der Waals surface area contributed by atoms with E-state index in [1.54, 1.807) is 0 Å². The minimum Gasteiger partial charge on any atom is -0.455 e. The van der Waals surface area contributed by atoms with Gasteiger partial charge in [0, 0.05) is 14.1 Å². The fourth-order valence-corrected chi connectivity index (χ4v) is 4.70. The van der Waals surface area contributed by atoms with Crippen molar-refractivity contribution in [2.45, 2.75) is 51.3 Å². The molecule has 0 radical (unpaired) electrons. The van der Waals surface area contributed by atoms with E-state index in [4.69, 9.17) is 16.3 Å². The lowest BCUT2D eigenvalue weighted by Gasteiger charge is -2.36. The number of sulfonamides is 1. The molecule has 9 heteroatoms. The molecule has 30 heavy (non-hydrogen) atoms. The number of benzene rings is 1. The van der Waals surface area contributed by atoms with E-state index in [1.807, 2.05) is 0 Å². The summed E-state index contributed by atoms with van der Waals surface area (Å²) in [5.41, 5.74) is 0.370. The highest BCUT2D eigenvalue weighted by Gasteiger charge is 2.33. The number of nitrogens with zero attached hydrogens (tertiary/aromatic N) is 1. The van der Waals surface area contributed by atoms with E-state index >= 15 is 0 Å². The molecule has 0 saturated heterocycles. The van der Waals surface area contributed by atoms with Crippen molar-refractivity contribution in [1.29, 1.82) is 0 Å². The summed E-state index contributed by atoms with van der Waals surface area (Å²) in [7, 11) is -0.843. The summed E-state index contributed by atoms with van der Waals surface area (Å²) < 4.78 is 30.8. The van der Waals surface area contributed by atoms with E-state index in [2.05, 4.69) is 26.1 Å². The third-order valence-electron chi connectivity index (χ3n) is 5.62. The molecular formula is C21H31ClN2O5S. The summed E-state index contributed by atoms with van der Waals surface area (Å²) in [5, 5.41) is 2.70. The van der Waals surface area contributed by atoms with Gasteiger partial charge in [-0.1, -0.05) is 32.4 Å². The highest BCUT2D eigenvalue weighted by Crippen LogP contribution is 2.40. The van der Waals surface area contributed by atoms with Gasteiger partial charge in [-0.05, 0) is 55.2 Å². The number of amides is 1. The number of rotatable bonds is 6. The molecule has 1 fully saturated rings. The van der Waals surface area contributed by atoms with Crippen LogP contribution in [0.1, 0.15) is 46.5 Å². The van der Waals surface area contributed by atoms with Crippen molar-refractivity contribution in [3.63, 3.8) is 0 Å². The maximum absolute atomic E-state index is 12.3. The molecule has 0 heterocycles. The molecule has 1 aromatic carbocycles. The Hall–Kier alpha value is -1.64.